The Balaban J connectivity index is 1.71. The maximum atomic E-state index is 5.16. The topological polar surface area (TPSA) is 18.5 Å². The van der Waals surface area contributed by atoms with Crippen LogP contribution in [0.4, 0.5) is 0 Å². The van der Waals surface area contributed by atoms with Gasteiger partial charge in [0.05, 0.1) is 33.7 Å². The molecule has 0 saturated carbocycles. The maximum absolute atomic E-state index is 5.16. The van der Waals surface area contributed by atoms with Crippen LogP contribution in [0.2, 0.25) is 0 Å². The predicted molar refractivity (Wildman–Crippen MR) is 98.0 cm³/mol. The predicted octanol–water partition coefficient (Wildman–Crippen LogP) is 4.69. The molecule has 3 aromatic heterocycles. The van der Waals surface area contributed by atoms with E-state index in [9.17, 15) is 0 Å². The molecule has 0 radical (unpaired) electrons. The minimum Gasteiger partial charge on any atom is -0.487 e. The zero-order valence-corrected chi connectivity index (χ0v) is 15.0. The first-order chi connectivity index (χ1) is 11.3. The molecule has 0 N–H and O–H groups in total. The Kier molecular flexibility index (Phi) is 5.05. The quantitative estimate of drug-likeness (QED) is 0.620. The largest absolute Gasteiger partial charge is 0.487 e. The molecular formula is C18H12O2S3. The molecule has 3 aromatic rings. The normalized spacial score (nSPS) is 9.48. The molecule has 0 aromatic carbocycles. The average molecular weight is 356 g/mol. The van der Waals surface area contributed by atoms with Crippen molar-refractivity contribution in [1.82, 2.24) is 0 Å². The van der Waals surface area contributed by atoms with Crippen LogP contribution in [-0.4, -0.2) is 14.2 Å². The SMILES string of the molecule is COc1ccc(C#Cc2ccc(C#Cc3ccc(OC)s3)s2)s1. The molecule has 5 heteroatoms. The third kappa shape index (κ3) is 4.18. The second kappa shape index (κ2) is 7.39. The Morgan fingerprint density at radius 3 is 1.26 bits per heavy atom. The molecule has 3 rings (SSSR count). The van der Waals surface area contributed by atoms with E-state index in [1.54, 1.807) is 48.2 Å². The smallest absolute Gasteiger partial charge is 0.174 e. The lowest BCUT2D eigenvalue weighted by molar-refractivity contribution is 0.427. The van der Waals surface area contributed by atoms with E-state index in [0.29, 0.717) is 0 Å². The van der Waals surface area contributed by atoms with Gasteiger partial charge in [-0.05, 0) is 60.1 Å². The van der Waals surface area contributed by atoms with Gasteiger partial charge in [-0.3, -0.25) is 0 Å². The van der Waals surface area contributed by atoms with E-state index in [1.165, 1.54) is 0 Å². The second-order valence-electron chi connectivity index (χ2n) is 4.31. The highest BCUT2D eigenvalue weighted by molar-refractivity contribution is 7.15. The average Bonchev–Trinajstić information content (AvgIpc) is 3.30. The molecule has 0 fully saturated rings. The summed E-state index contributed by atoms with van der Waals surface area (Å²) in [6, 6.07) is 11.8. The fourth-order valence-corrected chi connectivity index (χ4v) is 3.77. The summed E-state index contributed by atoms with van der Waals surface area (Å²) in [5.74, 6) is 12.6. The fraction of sp³-hybridized carbons (Fsp3) is 0.111. The number of ether oxygens (including phenoxy) is 2. The number of rotatable bonds is 2. The van der Waals surface area contributed by atoms with Crippen LogP contribution in [0.25, 0.3) is 0 Å². The van der Waals surface area contributed by atoms with Gasteiger partial charge in [0.25, 0.3) is 0 Å². The number of thiophene rings is 3. The Morgan fingerprint density at radius 2 is 0.913 bits per heavy atom. The molecule has 3 heterocycles. The summed E-state index contributed by atoms with van der Waals surface area (Å²) in [5.41, 5.74) is 0. The van der Waals surface area contributed by atoms with E-state index in [2.05, 4.69) is 23.7 Å². The maximum Gasteiger partial charge on any atom is 0.174 e. The molecule has 0 aliphatic carbocycles. The van der Waals surface area contributed by atoms with Crippen LogP contribution in [0, 0.1) is 23.7 Å². The van der Waals surface area contributed by atoms with Gasteiger partial charge in [-0.2, -0.15) is 0 Å². The minimum absolute atomic E-state index is 0.874. The lowest BCUT2D eigenvalue weighted by atomic mass is 10.4. The first kappa shape index (κ1) is 15.7. The van der Waals surface area contributed by atoms with Crippen LogP contribution >= 0.6 is 34.0 Å². The monoisotopic (exact) mass is 356 g/mol. The summed E-state index contributed by atoms with van der Waals surface area (Å²) in [6.45, 7) is 0. The molecule has 0 saturated heterocycles. The van der Waals surface area contributed by atoms with Crippen molar-refractivity contribution in [3.8, 4) is 33.8 Å². The van der Waals surface area contributed by atoms with E-state index < -0.39 is 0 Å². The van der Waals surface area contributed by atoms with Crippen molar-refractivity contribution in [3.63, 3.8) is 0 Å². The van der Waals surface area contributed by atoms with Crippen LogP contribution in [0.15, 0.2) is 36.4 Å². The fourth-order valence-electron chi connectivity index (χ4n) is 1.71. The van der Waals surface area contributed by atoms with Crippen LogP contribution < -0.4 is 9.47 Å². The van der Waals surface area contributed by atoms with E-state index in [1.807, 2.05) is 36.4 Å². The summed E-state index contributed by atoms with van der Waals surface area (Å²) in [7, 11) is 3.33. The lowest BCUT2D eigenvalue weighted by Gasteiger charge is -1.87. The lowest BCUT2D eigenvalue weighted by Crippen LogP contribution is -1.73. The van der Waals surface area contributed by atoms with Crippen molar-refractivity contribution in [2.24, 2.45) is 0 Å². The van der Waals surface area contributed by atoms with Crippen LogP contribution in [0.1, 0.15) is 19.5 Å². The highest BCUT2D eigenvalue weighted by atomic mass is 32.1. The van der Waals surface area contributed by atoms with Crippen molar-refractivity contribution in [3.05, 3.63) is 55.9 Å². The number of hydrogen-bond donors (Lipinski definition) is 0. The molecule has 23 heavy (non-hydrogen) atoms. The van der Waals surface area contributed by atoms with Gasteiger partial charge in [0.2, 0.25) is 0 Å². The molecular weight excluding hydrogens is 344 g/mol. The van der Waals surface area contributed by atoms with E-state index >= 15 is 0 Å². The molecule has 114 valence electrons. The molecule has 0 amide bonds. The number of methoxy groups -OCH3 is 2. The zero-order chi connectivity index (χ0) is 16.1. The first-order valence-electron chi connectivity index (χ1n) is 6.68. The van der Waals surface area contributed by atoms with Crippen molar-refractivity contribution >= 4 is 34.0 Å². The summed E-state index contributed by atoms with van der Waals surface area (Å²) >= 11 is 4.68. The number of hydrogen-bond acceptors (Lipinski definition) is 5. The molecule has 0 aliphatic rings. The Labute approximate surface area is 147 Å². The highest BCUT2D eigenvalue weighted by Crippen LogP contribution is 2.24. The van der Waals surface area contributed by atoms with Gasteiger partial charge in [0, 0.05) is 0 Å². The van der Waals surface area contributed by atoms with Crippen LogP contribution in [0.3, 0.4) is 0 Å². The van der Waals surface area contributed by atoms with Gasteiger partial charge in [-0.1, -0.05) is 22.7 Å². The van der Waals surface area contributed by atoms with E-state index in [-0.39, 0.29) is 0 Å². The summed E-state index contributed by atoms with van der Waals surface area (Å²) in [4.78, 5) is 4.00. The van der Waals surface area contributed by atoms with Gasteiger partial charge >= 0.3 is 0 Å². The molecule has 0 unspecified atom stereocenters. The third-order valence-electron chi connectivity index (χ3n) is 2.79. The van der Waals surface area contributed by atoms with Gasteiger partial charge in [-0.15, -0.1) is 11.3 Å². The van der Waals surface area contributed by atoms with Crippen molar-refractivity contribution in [2.45, 2.75) is 0 Å². The van der Waals surface area contributed by atoms with Crippen LogP contribution in [-0.2, 0) is 0 Å². The molecule has 0 bridgehead atoms. The molecule has 2 nitrogen and oxygen atoms in total. The van der Waals surface area contributed by atoms with E-state index in [4.69, 9.17) is 9.47 Å². The summed E-state index contributed by atoms with van der Waals surface area (Å²) < 4.78 is 10.3. The van der Waals surface area contributed by atoms with Gasteiger partial charge in [0.1, 0.15) is 0 Å². The first-order valence-corrected chi connectivity index (χ1v) is 9.13. The van der Waals surface area contributed by atoms with Gasteiger partial charge < -0.3 is 9.47 Å². The Bertz CT molecular complexity index is 848. The van der Waals surface area contributed by atoms with Crippen molar-refractivity contribution in [2.75, 3.05) is 14.2 Å². The van der Waals surface area contributed by atoms with Gasteiger partial charge in [-0.25, -0.2) is 0 Å². The highest BCUT2D eigenvalue weighted by Gasteiger charge is 1.98. The Morgan fingerprint density at radius 1 is 0.565 bits per heavy atom. The Hall–Kier alpha value is -2.18. The third-order valence-corrected chi connectivity index (χ3v) is 5.63. The van der Waals surface area contributed by atoms with Gasteiger partial charge in [0.15, 0.2) is 10.1 Å². The zero-order valence-electron chi connectivity index (χ0n) is 12.5. The van der Waals surface area contributed by atoms with Crippen molar-refractivity contribution in [1.29, 1.82) is 0 Å². The van der Waals surface area contributed by atoms with Crippen LogP contribution in [0.5, 0.6) is 10.1 Å². The van der Waals surface area contributed by atoms with Crippen molar-refractivity contribution < 1.29 is 9.47 Å². The summed E-state index contributed by atoms with van der Waals surface area (Å²) in [5, 5.41) is 1.75. The minimum atomic E-state index is 0.874. The standard InChI is InChI=1S/C18H12O2S3/c1-19-17-11-9-15(22-17)7-5-13-3-4-14(21-13)6-8-16-10-12-18(20-2)23-16/h3-4,9-12H,1-2H3. The molecule has 0 spiro atoms. The molecule has 0 atom stereocenters. The van der Waals surface area contributed by atoms with E-state index in [0.717, 1.165) is 29.6 Å². The summed E-state index contributed by atoms with van der Waals surface area (Å²) in [6.07, 6.45) is 0. The second-order valence-corrected chi connectivity index (χ2v) is 7.49. The molecule has 0 aliphatic heterocycles.